The van der Waals surface area contributed by atoms with Crippen molar-refractivity contribution in [2.24, 2.45) is 0 Å². The molecule has 4 nitrogen and oxygen atoms in total. The van der Waals surface area contributed by atoms with Gasteiger partial charge in [0.15, 0.2) is 0 Å². The van der Waals surface area contributed by atoms with Gasteiger partial charge < -0.3 is 4.90 Å². The molecule has 1 amide bonds. The van der Waals surface area contributed by atoms with E-state index in [-0.39, 0.29) is 5.91 Å². The zero-order chi connectivity index (χ0) is 16.1. The minimum Gasteiger partial charge on any atom is -0.329 e. The molecule has 116 valence electrons. The topological polar surface area (TPSA) is 38.1 Å². The van der Waals surface area contributed by atoms with E-state index < -0.39 is 0 Å². The second kappa shape index (κ2) is 7.27. The SMILES string of the molecule is C=CCN(Cc1ccc(Cl)cc1)C(=O)c1cc(C)nn1CC. The van der Waals surface area contributed by atoms with Gasteiger partial charge in [-0.3, -0.25) is 9.48 Å². The largest absolute Gasteiger partial charge is 0.329 e. The van der Waals surface area contributed by atoms with Crippen LogP contribution in [0.5, 0.6) is 0 Å². The second-order valence-corrected chi connectivity index (χ2v) is 5.52. The molecule has 0 saturated carbocycles. The van der Waals surface area contributed by atoms with Crippen molar-refractivity contribution in [3.63, 3.8) is 0 Å². The van der Waals surface area contributed by atoms with Gasteiger partial charge in [-0.1, -0.05) is 29.8 Å². The smallest absolute Gasteiger partial charge is 0.272 e. The van der Waals surface area contributed by atoms with Crippen LogP contribution in [0.15, 0.2) is 43.0 Å². The van der Waals surface area contributed by atoms with E-state index in [0.717, 1.165) is 11.3 Å². The maximum Gasteiger partial charge on any atom is 0.272 e. The van der Waals surface area contributed by atoms with Crippen molar-refractivity contribution in [3.8, 4) is 0 Å². The lowest BCUT2D eigenvalue weighted by molar-refractivity contribution is 0.0750. The minimum absolute atomic E-state index is 0.0442. The number of carbonyl (C=O) groups excluding carboxylic acids is 1. The first-order valence-corrected chi connectivity index (χ1v) is 7.62. The van der Waals surface area contributed by atoms with E-state index in [9.17, 15) is 4.79 Å². The average Bonchev–Trinajstić information content (AvgIpc) is 2.89. The summed E-state index contributed by atoms with van der Waals surface area (Å²) in [4.78, 5) is 14.5. The summed E-state index contributed by atoms with van der Waals surface area (Å²) >= 11 is 5.90. The summed E-state index contributed by atoms with van der Waals surface area (Å²) in [6, 6.07) is 9.33. The lowest BCUT2D eigenvalue weighted by Crippen LogP contribution is -2.32. The number of carbonyl (C=O) groups is 1. The summed E-state index contributed by atoms with van der Waals surface area (Å²) < 4.78 is 1.73. The highest BCUT2D eigenvalue weighted by Crippen LogP contribution is 2.14. The van der Waals surface area contributed by atoms with Crippen LogP contribution in [0.2, 0.25) is 5.02 Å². The molecule has 22 heavy (non-hydrogen) atoms. The Hall–Kier alpha value is -2.07. The zero-order valence-electron chi connectivity index (χ0n) is 12.9. The minimum atomic E-state index is -0.0442. The molecule has 1 aromatic heterocycles. The predicted octanol–water partition coefficient (Wildman–Crippen LogP) is 3.69. The molecule has 1 heterocycles. The quantitative estimate of drug-likeness (QED) is 0.762. The zero-order valence-corrected chi connectivity index (χ0v) is 13.7. The molecule has 0 aliphatic rings. The third-order valence-corrected chi connectivity index (χ3v) is 3.60. The van der Waals surface area contributed by atoms with Crippen LogP contribution in [-0.2, 0) is 13.1 Å². The summed E-state index contributed by atoms with van der Waals surface area (Å²) in [5, 5.41) is 5.02. The van der Waals surface area contributed by atoms with Gasteiger partial charge in [-0.25, -0.2) is 0 Å². The molecule has 2 aromatic rings. The number of aromatic nitrogens is 2. The van der Waals surface area contributed by atoms with Crippen LogP contribution in [-0.4, -0.2) is 27.1 Å². The number of halogens is 1. The van der Waals surface area contributed by atoms with Crippen LogP contribution in [0, 0.1) is 6.92 Å². The van der Waals surface area contributed by atoms with E-state index in [1.165, 1.54) is 0 Å². The van der Waals surface area contributed by atoms with E-state index in [1.807, 2.05) is 44.2 Å². The third-order valence-electron chi connectivity index (χ3n) is 3.34. The summed E-state index contributed by atoms with van der Waals surface area (Å²) in [5.74, 6) is -0.0442. The lowest BCUT2D eigenvalue weighted by Gasteiger charge is -2.21. The number of hydrogen-bond acceptors (Lipinski definition) is 2. The maximum absolute atomic E-state index is 12.8. The van der Waals surface area contributed by atoms with E-state index in [2.05, 4.69) is 11.7 Å². The molecule has 1 aromatic carbocycles. The van der Waals surface area contributed by atoms with Gasteiger partial charge >= 0.3 is 0 Å². The first kappa shape index (κ1) is 16.3. The molecular weight excluding hydrogens is 298 g/mol. The van der Waals surface area contributed by atoms with E-state index in [4.69, 9.17) is 11.6 Å². The molecule has 0 unspecified atom stereocenters. The van der Waals surface area contributed by atoms with Crippen LogP contribution in [0.4, 0.5) is 0 Å². The second-order valence-electron chi connectivity index (χ2n) is 5.09. The van der Waals surface area contributed by atoms with Crippen molar-refractivity contribution >= 4 is 17.5 Å². The third kappa shape index (κ3) is 3.77. The van der Waals surface area contributed by atoms with Gasteiger partial charge in [-0.15, -0.1) is 6.58 Å². The van der Waals surface area contributed by atoms with Crippen LogP contribution in [0.3, 0.4) is 0 Å². The molecule has 0 fully saturated rings. The van der Waals surface area contributed by atoms with Crippen LogP contribution < -0.4 is 0 Å². The van der Waals surface area contributed by atoms with Gasteiger partial charge in [0.1, 0.15) is 5.69 Å². The Bertz CT molecular complexity index is 661. The first-order valence-electron chi connectivity index (χ1n) is 7.24. The summed E-state index contributed by atoms with van der Waals surface area (Å²) in [7, 11) is 0. The fourth-order valence-electron chi connectivity index (χ4n) is 2.31. The van der Waals surface area contributed by atoms with Crippen molar-refractivity contribution < 1.29 is 4.79 Å². The highest BCUT2D eigenvalue weighted by atomic mass is 35.5. The number of benzene rings is 1. The van der Waals surface area contributed by atoms with Crippen LogP contribution in [0.25, 0.3) is 0 Å². The first-order chi connectivity index (χ1) is 10.5. The number of rotatable bonds is 6. The Morgan fingerprint density at radius 3 is 2.68 bits per heavy atom. The molecule has 0 radical (unpaired) electrons. The molecule has 5 heteroatoms. The number of aryl methyl sites for hydroxylation is 2. The predicted molar refractivity (Wildman–Crippen MR) is 89.0 cm³/mol. The fourth-order valence-corrected chi connectivity index (χ4v) is 2.43. The van der Waals surface area contributed by atoms with Crippen molar-refractivity contribution in [2.45, 2.75) is 26.9 Å². The van der Waals surface area contributed by atoms with Crippen molar-refractivity contribution in [1.82, 2.24) is 14.7 Å². The lowest BCUT2D eigenvalue weighted by atomic mass is 10.2. The fraction of sp³-hybridized carbons (Fsp3) is 0.294. The van der Waals surface area contributed by atoms with E-state index in [1.54, 1.807) is 15.7 Å². The van der Waals surface area contributed by atoms with E-state index >= 15 is 0 Å². The van der Waals surface area contributed by atoms with Gasteiger partial charge in [0.05, 0.1) is 5.69 Å². The molecular formula is C17H20ClN3O. The Labute approximate surface area is 136 Å². The molecule has 2 rings (SSSR count). The van der Waals surface area contributed by atoms with Crippen LogP contribution in [0.1, 0.15) is 28.7 Å². The van der Waals surface area contributed by atoms with Crippen molar-refractivity contribution in [1.29, 1.82) is 0 Å². The highest BCUT2D eigenvalue weighted by molar-refractivity contribution is 6.30. The number of amides is 1. The van der Waals surface area contributed by atoms with Gasteiger partial charge in [-0.2, -0.15) is 5.10 Å². The highest BCUT2D eigenvalue weighted by Gasteiger charge is 2.19. The number of hydrogen-bond donors (Lipinski definition) is 0. The van der Waals surface area contributed by atoms with Crippen LogP contribution >= 0.6 is 11.6 Å². The van der Waals surface area contributed by atoms with Crippen molar-refractivity contribution in [2.75, 3.05) is 6.54 Å². The molecule has 0 saturated heterocycles. The average molecular weight is 318 g/mol. The molecule has 0 aliphatic heterocycles. The van der Waals surface area contributed by atoms with E-state index in [0.29, 0.717) is 30.4 Å². The summed E-state index contributed by atoms with van der Waals surface area (Å²) in [5.41, 5.74) is 2.48. The molecule has 0 aliphatic carbocycles. The Morgan fingerprint density at radius 1 is 1.41 bits per heavy atom. The monoisotopic (exact) mass is 317 g/mol. The summed E-state index contributed by atoms with van der Waals surface area (Å²) in [6.45, 7) is 9.26. The standard InChI is InChI=1S/C17H20ClN3O/c1-4-10-20(12-14-6-8-15(18)9-7-14)17(22)16-11-13(3)19-21(16)5-2/h4,6-9,11H,1,5,10,12H2,2-3H3. The van der Waals surface area contributed by atoms with Gasteiger partial charge in [0.25, 0.3) is 5.91 Å². The normalized spacial score (nSPS) is 10.5. The Morgan fingerprint density at radius 2 is 2.09 bits per heavy atom. The van der Waals surface area contributed by atoms with Gasteiger partial charge in [-0.05, 0) is 37.6 Å². The maximum atomic E-state index is 12.8. The summed E-state index contributed by atoms with van der Waals surface area (Å²) in [6.07, 6.45) is 1.73. The molecule has 0 bridgehead atoms. The van der Waals surface area contributed by atoms with Gasteiger partial charge in [0.2, 0.25) is 0 Å². The Kier molecular flexibility index (Phi) is 5.39. The molecule has 0 atom stereocenters. The molecule has 0 N–H and O–H groups in total. The number of nitrogens with zero attached hydrogens (tertiary/aromatic N) is 3. The molecule has 0 spiro atoms. The Balaban J connectivity index is 2.24. The van der Waals surface area contributed by atoms with Gasteiger partial charge in [0, 0.05) is 24.7 Å². The van der Waals surface area contributed by atoms with Crippen molar-refractivity contribution in [3.05, 3.63) is 65.0 Å².